The van der Waals surface area contributed by atoms with Gasteiger partial charge in [-0.05, 0) is 61.2 Å². The maximum absolute atomic E-state index is 12.5. The third-order valence-electron chi connectivity index (χ3n) is 4.88. The number of aryl methyl sites for hydroxylation is 1. The molecule has 4 heteroatoms. The summed E-state index contributed by atoms with van der Waals surface area (Å²) < 4.78 is 0. The second-order valence-electron chi connectivity index (χ2n) is 6.89. The number of carbonyl (C=O) groups excluding carboxylic acids is 1. The van der Waals surface area contributed by atoms with Crippen molar-refractivity contribution >= 4 is 11.7 Å². The lowest BCUT2D eigenvalue weighted by molar-refractivity contribution is 0.238. The van der Waals surface area contributed by atoms with E-state index < -0.39 is 5.54 Å². The lowest BCUT2D eigenvalue weighted by atomic mass is 9.89. The number of carbonyl (C=O) groups is 1. The van der Waals surface area contributed by atoms with Gasteiger partial charge < -0.3 is 10.6 Å². The topological polar surface area (TPSA) is 54.0 Å². The Labute approximate surface area is 160 Å². The Morgan fingerprint density at radius 2 is 1.70 bits per heavy atom. The Morgan fingerprint density at radius 1 is 1.00 bits per heavy atom. The second kappa shape index (κ2) is 8.04. The first kappa shape index (κ1) is 18.6. The second-order valence-corrected chi connectivity index (χ2v) is 6.89. The molecule has 138 valence electrons. The third kappa shape index (κ3) is 4.53. The highest BCUT2D eigenvalue weighted by molar-refractivity contribution is 5.90. The van der Waals surface area contributed by atoms with Crippen molar-refractivity contribution in [2.45, 2.75) is 32.7 Å². The Hall–Kier alpha value is -3.14. The van der Waals surface area contributed by atoms with E-state index in [9.17, 15) is 4.79 Å². The molecule has 0 saturated heterocycles. The number of urea groups is 1. The first-order chi connectivity index (χ1) is 13.0. The highest BCUT2D eigenvalue weighted by atomic mass is 16.2. The number of aromatic nitrogens is 1. The van der Waals surface area contributed by atoms with Crippen LogP contribution in [0.4, 0.5) is 10.5 Å². The standard InChI is InChI=1S/C23H25N3O/c1-4-23(3,20-8-6-5-7-9-20)26-22(27)25-21-12-10-18(11-13-21)19-14-15-24-17(2)16-19/h5-16H,4H2,1-3H3,(H2,25,26,27). The van der Waals surface area contributed by atoms with Gasteiger partial charge in [-0.3, -0.25) is 4.98 Å². The molecule has 4 nitrogen and oxygen atoms in total. The van der Waals surface area contributed by atoms with Crippen LogP contribution in [-0.2, 0) is 5.54 Å². The molecule has 2 N–H and O–H groups in total. The van der Waals surface area contributed by atoms with Gasteiger partial charge in [-0.2, -0.15) is 0 Å². The summed E-state index contributed by atoms with van der Waals surface area (Å²) in [7, 11) is 0. The summed E-state index contributed by atoms with van der Waals surface area (Å²) in [5.74, 6) is 0. The molecule has 0 radical (unpaired) electrons. The van der Waals surface area contributed by atoms with Gasteiger partial charge in [0.1, 0.15) is 0 Å². The Bertz CT molecular complexity index is 906. The Balaban J connectivity index is 1.69. The van der Waals surface area contributed by atoms with Crippen LogP contribution in [0.25, 0.3) is 11.1 Å². The number of amides is 2. The van der Waals surface area contributed by atoms with Gasteiger partial charge in [0.05, 0.1) is 5.54 Å². The number of rotatable bonds is 5. The summed E-state index contributed by atoms with van der Waals surface area (Å²) in [4.78, 5) is 16.8. The van der Waals surface area contributed by atoms with E-state index in [0.29, 0.717) is 0 Å². The van der Waals surface area contributed by atoms with E-state index in [1.807, 2.05) is 80.6 Å². The number of hydrogen-bond donors (Lipinski definition) is 2. The van der Waals surface area contributed by atoms with Gasteiger partial charge in [-0.1, -0.05) is 49.4 Å². The summed E-state index contributed by atoms with van der Waals surface area (Å²) in [6, 6.07) is 21.7. The van der Waals surface area contributed by atoms with Gasteiger partial charge in [0.2, 0.25) is 0 Å². The summed E-state index contributed by atoms with van der Waals surface area (Å²) in [6.07, 6.45) is 2.60. The van der Waals surface area contributed by atoms with E-state index in [4.69, 9.17) is 0 Å². The monoisotopic (exact) mass is 359 g/mol. The molecular weight excluding hydrogens is 334 g/mol. The van der Waals surface area contributed by atoms with Crippen molar-refractivity contribution in [1.29, 1.82) is 0 Å². The minimum absolute atomic E-state index is 0.212. The zero-order chi connectivity index (χ0) is 19.3. The fraction of sp³-hybridized carbons (Fsp3) is 0.217. The first-order valence-electron chi connectivity index (χ1n) is 9.18. The van der Waals surface area contributed by atoms with Gasteiger partial charge in [-0.25, -0.2) is 4.79 Å². The number of hydrogen-bond acceptors (Lipinski definition) is 2. The fourth-order valence-electron chi connectivity index (χ4n) is 3.05. The van der Waals surface area contributed by atoms with E-state index >= 15 is 0 Å². The van der Waals surface area contributed by atoms with Crippen LogP contribution in [0.5, 0.6) is 0 Å². The summed E-state index contributed by atoms with van der Waals surface area (Å²) >= 11 is 0. The van der Waals surface area contributed by atoms with E-state index in [1.54, 1.807) is 6.20 Å². The molecule has 3 aromatic rings. The maximum atomic E-state index is 12.5. The predicted octanol–water partition coefficient (Wildman–Crippen LogP) is 5.50. The van der Waals surface area contributed by atoms with Gasteiger partial charge in [0, 0.05) is 17.6 Å². The molecule has 1 heterocycles. The smallest absolute Gasteiger partial charge is 0.319 e. The van der Waals surface area contributed by atoms with Crippen LogP contribution < -0.4 is 10.6 Å². The van der Waals surface area contributed by atoms with Crippen molar-refractivity contribution in [3.8, 4) is 11.1 Å². The summed E-state index contributed by atoms with van der Waals surface area (Å²) in [5.41, 5.74) is 4.61. The number of pyridine rings is 1. The highest BCUT2D eigenvalue weighted by Gasteiger charge is 2.26. The lowest BCUT2D eigenvalue weighted by Crippen LogP contribution is -2.45. The average molecular weight is 359 g/mol. The van der Waals surface area contributed by atoms with Crippen LogP contribution in [0.3, 0.4) is 0 Å². The van der Waals surface area contributed by atoms with Crippen molar-refractivity contribution in [3.05, 3.63) is 84.2 Å². The van der Waals surface area contributed by atoms with E-state index in [2.05, 4.69) is 22.5 Å². The SMILES string of the molecule is CCC(C)(NC(=O)Nc1ccc(-c2ccnc(C)c2)cc1)c1ccccc1. The van der Waals surface area contributed by atoms with Crippen LogP contribution in [0.1, 0.15) is 31.5 Å². The summed E-state index contributed by atoms with van der Waals surface area (Å²) in [5, 5.41) is 6.03. The predicted molar refractivity (Wildman–Crippen MR) is 111 cm³/mol. The zero-order valence-electron chi connectivity index (χ0n) is 16.0. The van der Waals surface area contributed by atoms with Crippen LogP contribution in [0.2, 0.25) is 0 Å². The van der Waals surface area contributed by atoms with Crippen molar-refractivity contribution in [3.63, 3.8) is 0 Å². The molecule has 0 bridgehead atoms. The van der Waals surface area contributed by atoms with Gasteiger partial charge in [-0.15, -0.1) is 0 Å². The van der Waals surface area contributed by atoms with Crippen LogP contribution in [-0.4, -0.2) is 11.0 Å². The highest BCUT2D eigenvalue weighted by Crippen LogP contribution is 2.25. The maximum Gasteiger partial charge on any atom is 0.319 e. The van der Waals surface area contributed by atoms with E-state index in [0.717, 1.165) is 34.5 Å². The molecule has 27 heavy (non-hydrogen) atoms. The van der Waals surface area contributed by atoms with Gasteiger partial charge >= 0.3 is 6.03 Å². The minimum Gasteiger partial charge on any atom is -0.329 e. The molecule has 0 aliphatic carbocycles. The number of anilines is 1. The molecule has 0 aliphatic heterocycles. The molecule has 2 amide bonds. The molecule has 1 atom stereocenters. The molecular formula is C23H25N3O. The molecule has 0 saturated carbocycles. The number of nitrogens with one attached hydrogen (secondary N) is 2. The number of nitrogens with zero attached hydrogens (tertiary/aromatic N) is 1. The average Bonchev–Trinajstić information content (AvgIpc) is 2.69. The normalized spacial score (nSPS) is 12.9. The van der Waals surface area contributed by atoms with Crippen molar-refractivity contribution in [2.24, 2.45) is 0 Å². The summed E-state index contributed by atoms with van der Waals surface area (Å²) in [6.45, 7) is 6.08. The van der Waals surface area contributed by atoms with Crippen molar-refractivity contribution in [1.82, 2.24) is 10.3 Å². The molecule has 0 aliphatic rings. The largest absolute Gasteiger partial charge is 0.329 e. The lowest BCUT2D eigenvalue weighted by Gasteiger charge is -2.30. The Morgan fingerprint density at radius 3 is 2.33 bits per heavy atom. The molecule has 2 aromatic carbocycles. The van der Waals surface area contributed by atoms with E-state index in [-0.39, 0.29) is 6.03 Å². The first-order valence-corrected chi connectivity index (χ1v) is 9.18. The zero-order valence-corrected chi connectivity index (χ0v) is 16.0. The van der Waals surface area contributed by atoms with Gasteiger partial charge in [0.15, 0.2) is 0 Å². The van der Waals surface area contributed by atoms with Gasteiger partial charge in [0.25, 0.3) is 0 Å². The molecule has 0 spiro atoms. The van der Waals surface area contributed by atoms with Crippen molar-refractivity contribution in [2.75, 3.05) is 5.32 Å². The van der Waals surface area contributed by atoms with E-state index in [1.165, 1.54) is 0 Å². The quantitative estimate of drug-likeness (QED) is 0.631. The van der Waals surface area contributed by atoms with Crippen LogP contribution >= 0.6 is 0 Å². The molecule has 1 unspecified atom stereocenters. The molecule has 0 fully saturated rings. The Kier molecular flexibility index (Phi) is 5.55. The fourth-order valence-corrected chi connectivity index (χ4v) is 3.05. The van der Waals surface area contributed by atoms with Crippen LogP contribution in [0.15, 0.2) is 72.9 Å². The third-order valence-corrected chi connectivity index (χ3v) is 4.88. The minimum atomic E-state index is -0.417. The molecule has 1 aromatic heterocycles. The van der Waals surface area contributed by atoms with Crippen LogP contribution in [0, 0.1) is 6.92 Å². The van der Waals surface area contributed by atoms with Crippen molar-refractivity contribution < 1.29 is 4.79 Å². The number of benzene rings is 2. The molecule has 3 rings (SSSR count).